The van der Waals surface area contributed by atoms with Crippen LogP contribution in [0.4, 0.5) is 0 Å². The zero-order chi connectivity index (χ0) is 21.3. The summed E-state index contributed by atoms with van der Waals surface area (Å²) in [4.78, 5) is 0. The van der Waals surface area contributed by atoms with E-state index in [1.54, 1.807) is 0 Å². The van der Waals surface area contributed by atoms with Crippen LogP contribution in [0.1, 0.15) is 96.4 Å². The van der Waals surface area contributed by atoms with Crippen molar-refractivity contribution in [3.05, 3.63) is 35.6 Å². The monoisotopic (exact) mass is 449 g/mol. The van der Waals surface area contributed by atoms with Crippen LogP contribution in [-0.4, -0.2) is 6.10 Å². The summed E-state index contributed by atoms with van der Waals surface area (Å²) in [6.45, 7) is 40.0. The van der Waals surface area contributed by atoms with Gasteiger partial charge >= 0.3 is 0 Å². The molecule has 1 unspecified atom stereocenters. The molecular weight excluding hydrogens is 405 g/mol. The maximum Gasteiger partial charge on any atom is 0.102 e. The molecule has 0 N–H and O–H groups in total. The summed E-state index contributed by atoms with van der Waals surface area (Å²) in [6.07, 6.45) is 1.45. The topological polar surface area (TPSA) is 9.23 Å². The van der Waals surface area contributed by atoms with Crippen LogP contribution in [0.3, 0.4) is 0 Å². The SMILES string of the molecule is CC1CC(C(C)(C)C)=C(C(C)(C)C)O1.[CH-]=C(C(=[CH-])C(C)(C)C)C(C)(C)C.[Y]. The van der Waals surface area contributed by atoms with E-state index in [-0.39, 0.29) is 54.4 Å². The third-order valence-corrected chi connectivity index (χ3v) is 4.58. The third-order valence-electron chi connectivity index (χ3n) is 4.58. The molecule has 0 aromatic rings. The predicted molar refractivity (Wildman–Crippen MR) is 116 cm³/mol. The Hall–Kier alpha value is 0.124. The molecule has 1 aliphatic heterocycles. The molecule has 2 heteroatoms. The van der Waals surface area contributed by atoms with Crippen molar-refractivity contribution in [3.63, 3.8) is 0 Å². The minimum Gasteiger partial charge on any atom is -0.494 e. The Morgan fingerprint density at radius 2 is 1.07 bits per heavy atom. The summed E-state index contributed by atoms with van der Waals surface area (Å²) in [7, 11) is 0. The van der Waals surface area contributed by atoms with Crippen LogP contribution in [0.2, 0.25) is 0 Å². The first-order chi connectivity index (χ1) is 11.2. The van der Waals surface area contributed by atoms with Gasteiger partial charge in [0.15, 0.2) is 0 Å². The number of ether oxygens (including phenoxy) is 1. The van der Waals surface area contributed by atoms with E-state index >= 15 is 0 Å². The molecule has 1 rings (SSSR count). The molecule has 1 radical (unpaired) electrons. The predicted octanol–water partition coefficient (Wildman–Crippen LogP) is 7.94. The van der Waals surface area contributed by atoms with E-state index in [4.69, 9.17) is 17.9 Å². The van der Waals surface area contributed by atoms with Crippen LogP contribution in [0.15, 0.2) is 22.5 Å². The molecular formula is C25H44OY-2. The molecule has 0 aliphatic carbocycles. The summed E-state index contributed by atoms with van der Waals surface area (Å²) >= 11 is 0. The average Bonchev–Trinajstić information content (AvgIpc) is 2.77. The van der Waals surface area contributed by atoms with Crippen molar-refractivity contribution in [2.75, 3.05) is 0 Å². The molecule has 0 aromatic heterocycles. The minimum atomic E-state index is -0.0304. The van der Waals surface area contributed by atoms with Gasteiger partial charge in [0.05, 0.1) is 6.10 Å². The van der Waals surface area contributed by atoms with Crippen LogP contribution in [0.5, 0.6) is 0 Å². The number of hydrogen-bond donors (Lipinski definition) is 0. The number of hydrogen-bond acceptors (Lipinski definition) is 1. The Kier molecular flexibility index (Phi) is 10.6. The van der Waals surface area contributed by atoms with Crippen LogP contribution in [0, 0.1) is 34.8 Å². The smallest absolute Gasteiger partial charge is 0.102 e. The first kappa shape index (κ1) is 29.3. The fraction of sp³-hybridized carbons (Fsp3) is 0.760. The van der Waals surface area contributed by atoms with Crippen molar-refractivity contribution in [2.45, 2.75) is 103 Å². The van der Waals surface area contributed by atoms with Crippen LogP contribution in [0.25, 0.3) is 0 Å². The van der Waals surface area contributed by atoms with Gasteiger partial charge in [0.25, 0.3) is 0 Å². The Labute approximate surface area is 196 Å². The van der Waals surface area contributed by atoms with Crippen molar-refractivity contribution in [1.29, 1.82) is 0 Å². The van der Waals surface area contributed by atoms with Crippen LogP contribution < -0.4 is 0 Å². The van der Waals surface area contributed by atoms with E-state index in [1.807, 2.05) is 0 Å². The van der Waals surface area contributed by atoms with Crippen molar-refractivity contribution in [3.8, 4) is 0 Å². The largest absolute Gasteiger partial charge is 0.494 e. The fourth-order valence-corrected chi connectivity index (χ4v) is 2.78. The van der Waals surface area contributed by atoms with Crippen molar-refractivity contribution < 1.29 is 37.4 Å². The second-order valence-electron chi connectivity index (χ2n) is 11.8. The van der Waals surface area contributed by atoms with Crippen molar-refractivity contribution in [2.24, 2.45) is 21.7 Å². The van der Waals surface area contributed by atoms with E-state index in [0.717, 1.165) is 17.6 Å². The van der Waals surface area contributed by atoms with E-state index in [0.29, 0.717) is 6.10 Å². The van der Waals surface area contributed by atoms with Crippen molar-refractivity contribution >= 4 is 0 Å². The maximum absolute atomic E-state index is 5.94. The summed E-state index contributed by atoms with van der Waals surface area (Å²) in [6, 6.07) is 0. The Morgan fingerprint density at radius 3 is 1.26 bits per heavy atom. The standard InChI is InChI=1S/C13H24O.C12H20.Y/c1-9-8-10(12(2,3)4)11(14-9)13(5,6)7;1-9(11(3,4)5)10(2)12(6,7)8;/h9H,8H2,1-7H3;1-2H,3-8H3;/q;-2;. The maximum atomic E-state index is 5.94. The molecule has 0 spiro atoms. The molecule has 0 fully saturated rings. The summed E-state index contributed by atoms with van der Waals surface area (Å²) in [5.74, 6) is 1.22. The molecule has 0 aromatic carbocycles. The number of allylic oxidation sites excluding steroid dienone is 3. The Balaban J connectivity index is 0. The summed E-state index contributed by atoms with van der Waals surface area (Å²) in [5, 5.41) is 0. The molecule has 27 heavy (non-hydrogen) atoms. The Bertz CT molecular complexity index is 501. The van der Waals surface area contributed by atoms with Crippen molar-refractivity contribution in [1.82, 2.24) is 0 Å². The van der Waals surface area contributed by atoms with Gasteiger partial charge in [0.1, 0.15) is 5.76 Å². The number of rotatable bonds is 1. The second kappa shape index (κ2) is 9.75. The van der Waals surface area contributed by atoms with E-state index in [2.05, 4.69) is 90.0 Å². The average molecular weight is 450 g/mol. The molecule has 0 amide bonds. The van der Waals surface area contributed by atoms with Gasteiger partial charge in [0.2, 0.25) is 0 Å². The van der Waals surface area contributed by atoms with Gasteiger partial charge in [-0.1, -0.05) is 83.1 Å². The molecule has 0 bridgehead atoms. The second-order valence-corrected chi connectivity index (χ2v) is 11.8. The molecule has 1 heterocycles. The first-order valence-corrected chi connectivity index (χ1v) is 9.86. The summed E-state index contributed by atoms with van der Waals surface area (Å²) in [5.41, 5.74) is 3.43. The molecule has 0 saturated carbocycles. The zero-order valence-electron chi connectivity index (χ0n) is 20.4. The summed E-state index contributed by atoms with van der Waals surface area (Å²) < 4.78 is 5.94. The van der Waals surface area contributed by atoms with Crippen LogP contribution >= 0.6 is 0 Å². The molecule has 1 nitrogen and oxygen atoms in total. The van der Waals surface area contributed by atoms with Gasteiger partial charge in [0, 0.05) is 44.5 Å². The van der Waals surface area contributed by atoms with Crippen LogP contribution in [-0.2, 0) is 37.4 Å². The van der Waals surface area contributed by atoms with Gasteiger partial charge < -0.3 is 29.0 Å². The van der Waals surface area contributed by atoms with Gasteiger partial charge in [-0.05, 0) is 17.9 Å². The fourth-order valence-electron chi connectivity index (χ4n) is 2.78. The normalized spacial score (nSPS) is 18.2. The third kappa shape index (κ3) is 9.44. The van der Waals surface area contributed by atoms with Gasteiger partial charge in [-0.2, -0.15) is 0 Å². The van der Waals surface area contributed by atoms with Gasteiger partial charge in [-0.15, -0.1) is 10.8 Å². The van der Waals surface area contributed by atoms with Gasteiger partial charge in [-0.25, -0.2) is 0 Å². The van der Waals surface area contributed by atoms with E-state index in [9.17, 15) is 0 Å². The van der Waals surface area contributed by atoms with E-state index in [1.165, 1.54) is 11.3 Å². The van der Waals surface area contributed by atoms with E-state index < -0.39 is 0 Å². The zero-order valence-corrected chi connectivity index (χ0v) is 23.3. The molecule has 0 saturated heterocycles. The quantitative estimate of drug-likeness (QED) is 0.292. The molecule has 1 atom stereocenters. The minimum absolute atomic E-state index is 0. The molecule has 1 aliphatic rings. The molecule has 155 valence electrons. The first-order valence-electron chi connectivity index (χ1n) is 9.86. The Morgan fingerprint density at radius 1 is 0.741 bits per heavy atom. The van der Waals surface area contributed by atoms with Gasteiger partial charge in [-0.3, -0.25) is 0 Å².